The molecule has 0 radical (unpaired) electrons. The molecular formula is C25H25N3O3S. The van der Waals surface area contributed by atoms with E-state index < -0.39 is 0 Å². The largest absolute Gasteiger partial charge is 0.497 e. The monoisotopic (exact) mass is 447 g/mol. The molecule has 0 saturated carbocycles. The zero-order valence-electron chi connectivity index (χ0n) is 18.0. The fourth-order valence-corrected chi connectivity index (χ4v) is 3.33. The molecule has 32 heavy (non-hydrogen) atoms. The Hall–Kier alpha value is -3.71. The average molecular weight is 448 g/mol. The summed E-state index contributed by atoms with van der Waals surface area (Å²) < 4.78 is 5.13. The van der Waals surface area contributed by atoms with Crippen LogP contribution in [0.3, 0.4) is 0 Å². The lowest BCUT2D eigenvalue weighted by molar-refractivity contribution is -0.119. The first kappa shape index (κ1) is 23.0. The number of para-hydroxylation sites is 1. The van der Waals surface area contributed by atoms with E-state index in [2.05, 4.69) is 10.6 Å². The number of nitrogens with one attached hydrogen (secondary N) is 2. The van der Waals surface area contributed by atoms with Gasteiger partial charge < -0.3 is 20.3 Å². The summed E-state index contributed by atoms with van der Waals surface area (Å²) in [7, 11) is 3.31. The van der Waals surface area contributed by atoms with Crippen LogP contribution >= 0.6 is 12.2 Å². The quantitative estimate of drug-likeness (QED) is 0.541. The predicted molar refractivity (Wildman–Crippen MR) is 130 cm³/mol. The van der Waals surface area contributed by atoms with Gasteiger partial charge in [-0.25, -0.2) is 0 Å². The van der Waals surface area contributed by atoms with Crippen LogP contribution in [0, 0.1) is 0 Å². The summed E-state index contributed by atoms with van der Waals surface area (Å²) in [6, 6.07) is 24.1. The Bertz CT molecular complexity index is 1090. The molecule has 0 saturated heterocycles. The minimum atomic E-state index is -0.238. The number of nitrogens with zero attached hydrogens (tertiary/aromatic N) is 1. The molecule has 0 spiro atoms. The second kappa shape index (κ2) is 11.1. The molecule has 2 N–H and O–H groups in total. The summed E-state index contributed by atoms with van der Waals surface area (Å²) in [6.07, 6.45) is 0.178. The van der Waals surface area contributed by atoms with Crippen molar-refractivity contribution in [3.8, 4) is 5.75 Å². The molecule has 6 nitrogen and oxygen atoms in total. The number of carbonyl (C=O) groups excluding carboxylic acids is 2. The van der Waals surface area contributed by atoms with Crippen molar-refractivity contribution in [1.82, 2.24) is 10.6 Å². The minimum absolute atomic E-state index is 0.178. The topological polar surface area (TPSA) is 70.7 Å². The molecule has 164 valence electrons. The van der Waals surface area contributed by atoms with Crippen molar-refractivity contribution < 1.29 is 14.3 Å². The number of benzene rings is 3. The van der Waals surface area contributed by atoms with E-state index in [9.17, 15) is 9.59 Å². The number of methoxy groups -OCH3 is 1. The summed E-state index contributed by atoms with van der Waals surface area (Å²) >= 11 is 5.42. The van der Waals surface area contributed by atoms with Gasteiger partial charge in [-0.1, -0.05) is 54.6 Å². The van der Waals surface area contributed by atoms with Crippen molar-refractivity contribution in [3.63, 3.8) is 0 Å². The number of rotatable bonds is 7. The molecular weight excluding hydrogens is 422 g/mol. The van der Waals surface area contributed by atoms with E-state index in [1.807, 2.05) is 48.5 Å². The van der Waals surface area contributed by atoms with E-state index >= 15 is 0 Å². The third kappa shape index (κ3) is 6.15. The van der Waals surface area contributed by atoms with E-state index in [0.717, 1.165) is 16.9 Å². The van der Waals surface area contributed by atoms with Gasteiger partial charge in [0, 0.05) is 13.6 Å². The molecule has 0 atom stereocenters. The van der Waals surface area contributed by atoms with Crippen LogP contribution in [0.1, 0.15) is 21.5 Å². The zero-order valence-corrected chi connectivity index (χ0v) is 18.8. The van der Waals surface area contributed by atoms with Crippen molar-refractivity contribution >= 4 is 34.8 Å². The van der Waals surface area contributed by atoms with Crippen LogP contribution in [0.15, 0.2) is 78.9 Å². The predicted octanol–water partition coefficient (Wildman–Crippen LogP) is 3.71. The van der Waals surface area contributed by atoms with E-state index in [-0.39, 0.29) is 23.3 Å². The average Bonchev–Trinajstić information content (AvgIpc) is 2.83. The molecule has 0 aliphatic rings. The third-order valence-electron chi connectivity index (χ3n) is 4.88. The van der Waals surface area contributed by atoms with Crippen molar-refractivity contribution in [2.24, 2.45) is 0 Å². The fourth-order valence-electron chi connectivity index (χ4n) is 3.12. The maximum Gasteiger partial charge on any atom is 0.253 e. The SMILES string of the molecule is COc1ccc(CC(=O)NC(=S)N(C)c2ccccc2C(=O)NCc2ccccc2)cc1. The molecule has 0 aliphatic heterocycles. The number of amides is 2. The highest BCUT2D eigenvalue weighted by molar-refractivity contribution is 7.80. The molecule has 0 fully saturated rings. The Balaban J connectivity index is 1.63. The number of hydrogen-bond donors (Lipinski definition) is 2. The van der Waals surface area contributed by atoms with Gasteiger partial charge in [-0.3, -0.25) is 9.59 Å². The molecule has 3 aromatic carbocycles. The van der Waals surface area contributed by atoms with Gasteiger partial charge >= 0.3 is 0 Å². The van der Waals surface area contributed by atoms with Gasteiger partial charge in [0.2, 0.25) is 5.91 Å². The molecule has 3 aromatic rings. The number of hydrogen-bond acceptors (Lipinski definition) is 4. The summed E-state index contributed by atoms with van der Waals surface area (Å²) in [6.45, 7) is 0.417. The van der Waals surface area contributed by atoms with Gasteiger partial charge in [0.05, 0.1) is 24.8 Å². The normalized spacial score (nSPS) is 10.2. The second-order valence-electron chi connectivity index (χ2n) is 7.12. The Morgan fingerprint density at radius 2 is 1.56 bits per heavy atom. The standard InChI is InChI=1S/C25H25N3O3S/c1-28(25(32)27-23(29)16-18-12-14-20(31-2)15-13-18)22-11-7-6-10-21(22)24(30)26-17-19-8-4-3-5-9-19/h3-15H,16-17H2,1-2H3,(H,26,30)(H,27,29,32). The van der Waals surface area contributed by atoms with Gasteiger partial charge in [-0.05, 0) is 47.6 Å². The summed E-state index contributed by atoms with van der Waals surface area (Å²) in [5.41, 5.74) is 2.92. The smallest absolute Gasteiger partial charge is 0.253 e. The molecule has 7 heteroatoms. The number of ether oxygens (including phenoxy) is 1. The maximum absolute atomic E-state index is 12.8. The second-order valence-corrected chi connectivity index (χ2v) is 7.51. The van der Waals surface area contributed by atoms with Crippen LogP contribution in [0.25, 0.3) is 0 Å². The molecule has 0 aliphatic carbocycles. The van der Waals surface area contributed by atoms with E-state index in [1.54, 1.807) is 49.4 Å². The van der Waals surface area contributed by atoms with Crippen molar-refractivity contribution in [2.45, 2.75) is 13.0 Å². The molecule has 3 rings (SSSR count). The Morgan fingerprint density at radius 3 is 2.25 bits per heavy atom. The van der Waals surface area contributed by atoms with Crippen LogP contribution in [0.4, 0.5) is 5.69 Å². The first-order valence-electron chi connectivity index (χ1n) is 10.1. The van der Waals surface area contributed by atoms with Gasteiger partial charge in [0.15, 0.2) is 5.11 Å². The lowest BCUT2D eigenvalue weighted by atomic mass is 10.1. The fraction of sp³-hybridized carbons (Fsp3) is 0.160. The van der Waals surface area contributed by atoms with Crippen molar-refractivity contribution in [1.29, 1.82) is 0 Å². The molecule has 0 bridgehead atoms. The number of anilines is 1. The van der Waals surface area contributed by atoms with Gasteiger partial charge in [-0.2, -0.15) is 0 Å². The lowest BCUT2D eigenvalue weighted by Crippen LogP contribution is -2.42. The van der Waals surface area contributed by atoms with Crippen LogP contribution in [0.5, 0.6) is 5.75 Å². The summed E-state index contributed by atoms with van der Waals surface area (Å²) in [5, 5.41) is 5.88. The van der Waals surface area contributed by atoms with Crippen LogP contribution in [-0.4, -0.2) is 31.1 Å². The van der Waals surface area contributed by atoms with E-state index in [4.69, 9.17) is 17.0 Å². The van der Waals surface area contributed by atoms with E-state index in [1.165, 1.54) is 0 Å². The number of thiocarbonyl (C=S) groups is 1. The first-order chi connectivity index (χ1) is 15.5. The van der Waals surface area contributed by atoms with Crippen LogP contribution in [-0.2, 0) is 17.8 Å². The van der Waals surface area contributed by atoms with Crippen LogP contribution < -0.4 is 20.3 Å². The molecule has 0 unspecified atom stereocenters. The molecule has 2 amide bonds. The van der Waals surface area contributed by atoms with Gasteiger partial charge in [0.1, 0.15) is 5.75 Å². The summed E-state index contributed by atoms with van der Waals surface area (Å²) in [4.78, 5) is 26.9. The maximum atomic E-state index is 12.8. The Morgan fingerprint density at radius 1 is 0.906 bits per heavy atom. The highest BCUT2D eigenvalue weighted by Gasteiger charge is 2.18. The Labute approximate surface area is 193 Å². The summed E-state index contributed by atoms with van der Waals surface area (Å²) in [5.74, 6) is 0.272. The minimum Gasteiger partial charge on any atom is -0.497 e. The lowest BCUT2D eigenvalue weighted by Gasteiger charge is -2.23. The highest BCUT2D eigenvalue weighted by atomic mass is 32.1. The van der Waals surface area contributed by atoms with Crippen molar-refractivity contribution in [3.05, 3.63) is 95.6 Å². The highest BCUT2D eigenvalue weighted by Crippen LogP contribution is 2.20. The van der Waals surface area contributed by atoms with Crippen molar-refractivity contribution in [2.75, 3.05) is 19.1 Å². The van der Waals surface area contributed by atoms with Gasteiger partial charge in [0.25, 0.3) is 5.91 Å². The molecule has 0 aromatic heterocycles. The number of carbonyl (C=O) groups is 2. The van der Waals surface area contributed by atoms with Gasteiger partial charge in [-0.15, -0.1) is 0 Å². The zero-order chi connectivity index (χ0) is 22.9. The molecule has 0 heterocycles. The van der Waals surface area contributed by atoms with E-state index in [0.29, 0.717) is 17.8 Å². The third-order valence-corrected chi connectivity index (χ3v) is 5.26. The van der Waals surface area contributed by atoms with Crippen LogP contribution in [0.2, 0.25) is 0 Å². The Kier molecular flexibility index (Phi) is 7.94. The first-order valence-corrected chi connectivity index (χ1v) is 10.5.